The third kappa shape index (κ3) is 5.68. The van der Waals surface area contributed by atoms with Crippen LogP contribution in [0.4, 0.5) is 5.69 Å². The number of benzene rings is 3. The maximum Gasteiger partial charge on any atom is 0.127 e. The van der Waals surface area contributed by atoms with Crippen LogP contribution in [0.1, 0.15) is 18.4 Å². The summed E-state index contributed by atoms with van der Waals surface area (Å²) in [5.41, 5.74) is 1.18. The van der Waals surface area contributed by atoms with E-state index in [2.05, 4.69) is 9.80 Å². The fourth-order valence-corrected chi connectivity index (χ4v) is 4.31. The summed E-state index contributed by atoms with van der Waals surface area (Å²) in [6.45, 7) is 2.69. The molecule has 1 heterocycles. The predicted molar refractivity (Wildman–Crippen MR) is 128 cm³/mol. The molecule has 3 aromatic rings. The van der Waals surface area contributed by atoms with Gasteiger partial charge in [0.25, 0.3) is 0 Å². The largest absolute Gasteiger partial charge is 0.457 e. The Kier molecular flexibility index (Phi) is 7.10. The van der Waals surface area contributed by atoms with Gasteiger partial charge in [-0.3, -0.25) is 0 Å². The summed E-state index contributed by atoms with van der Waals surface area (Å²) in [4.78, 5) is 4.31. The van der Waals surface area contributed by atoms with Gasteiger partial charge in [-0.2, -0.15) is 0 Å². The summed E-state index contributed by atoms with van der Waals surface area (Å²) in [7, 11) is 2.00. The average Bonchev–Trinajstić information content (AvgIpc) is 2.82. The van der Waals surface area contributed by atoms with E-state index in [1.165, 1.54) is 0 Å². The van der Waals surface area contributed by atoms with Gasteiger partial charge in [0.2, 0.25) is 0 Å². The highest BCUT2D eigenvalue weighted by Crippen LogP contribution is 2.34. The first-order valence-corrected chi connectivity index (χ1v) is 11.2. The lowest BCUT2D eigenvalue weighted by molar-refractivity contribution is -0.0336. The van der Waals surface area contributed by atoms with Gasteiger partial charge < -0.3 is 24.7 Å². The number of anilines is 1. The Morgan fingerprint density at radius 1 is 0.875 bits per heavy atom. The average molecular weight is 433 g/mol. The molecular weight excluding hydrogens is 400 g/mol. The lowest BCUT2D eigenvalue weighted by Gasteiger charge is -2.39. The molecular formula is C27H32N2O3. The van der Waals surface area contributed by atoms with Crippen LogP contribution in [0.15, 0.2) is 84.9 Å². The standard InChI is InChI=1S/C27H32N2O3/c1-28(23-8-4-2-5-9-23)20-24(30)21-29-18-16-27(31,17-19-29)22-12-14-26(15-13-22)32-25-10-6-3-7-11-25/h2-15,24,30-31H,16-21H2,1H3. The first kappa shape index (κ1) is 22.3. The van der Waals surface area contributed by atoms with E-state index in [9.17, 15) is 10.2 Å². The van der Waals surface area contributed by atoms with Crippen LogP contribution in [-0.4, -0.2) is 54.4 Å². The molecule has 4 rings (SSSR count). The number of hydrogen-bond acceptors (Lipinski definition) is 5. The number of para-hydroxylation sites is 2. The van der Waals surface area contributed by atoms with E-state index in [1.807, 2.05) is 92.0 Å². The van der Waals surface area contributed by atoms with Crippen LogP contribution in [0.5, 0.6) is 11.5 Å². The minimum atomic E-state index is -0.840. The molecule has 1 aliphatic rings. The number of aliphatic hydroxyl groups is 2. The van der Waals surface area contributed by atoms with E-state index >= 15 is 0 Å². The monoisotopic (exact) mass is 432 g/mol. The second kappa shape index (κ2) is 10.2. The Labute approximate surface area is 190 Å². The molecule has 0 aromatic heterocycles. The number of likely N-dealkylation sites (N-methyl/N-ethyl adjacent to an activating group) is 1. The van der Waals surface area contributed by atoms with Gasteiger partial charge >= 0.3 is 0 Å². The lowest BCUT2D eigenvalue weighted by Crippen LogP contribution is -2.46. The van der Waals surface area contributed by atoms with Gasteiger partial charge in [0.05, 0.1) is 11.7 Å². The topological polar surface area (TPSA) is 56.2 Å². The van der Waals surface area contributed by atoms with E-state index in [1.54, 1.807) is 0 Å². The zero-order chi connectivity index (χ0) is 22.4. The van der Waals surface area contributed by atoms with Gasteiger partial charge in [-0.25, -0.2) is 0 Å². The highest BCUT2D eigenvalue weighted by atomic mass is 16.5. The SMILES string of the molecule is CN(CC(O)CN1CCC(O)(c2ccc(Oc3ccccc3)cc2)CC1)c1ccccc1. The third-order valence-corrected chi connectivity index (χ3v) is 6.20. The van der Waals surface area contributed by atoms with Crippen molar-refractivity contribution in [3.63, 3.8) is 0 Å². The molecule has 1 fully saturated rings. The molecule has 1 aliphatic heterocycles. The third-order valence-electron chi connectivity index (χ3n) is 6.20. The summed E-state index contributed by atoms with van der Waals surface area (Å²) in [6, 6.07) is 27.5. The molecule has 0 radical (unpaired) electrons. The van der Waals surface area contributed by atoms with E-state index < -0.39 is 11.7 Å². The Morgan fingerprint density at radius 2 is 1.44 bits per heavy atom. The minimum Gasteiger partial charge on any atom is -0.457 e. The van der Waals surface area contributed by atoms with Crippen molar-refractivity contribution in [2.24, 2.45) is 0 Å². The number of β-amino-alcohol motifs (C(OH)–C–C–N with tert-alkyl or cyclic N) is 1. The quantitative estimate of drug-likeness (QED) is 0.557. The van der Waals surface area contributed by atoms with Gasteiger partial charge in [0.15, 0.2) is 0 Å². The molecule has 1 atom stereocenters. The van der Waals surface area contributed by atoms with E-state index in [4.69, 9.17) is 4.74 Å². The highest BCUT2D eigenvalue weighted by molar-refractivity contribution is 5.45. The van der Waals surface area contributed by atoms with Crippen LogP contribution in [0.25, 0.3) is 0 Å². The van der Waals surface area contributed by atoms with Crippen LogP contribution in [0.2, 0.25) is 0 Å². The molecule has 5 nitrogen and oxygen atoms in total. The zero-order valence-corrected chi connectivity index (χ0v) is 18.6. The summed E-state index contributed by atoms with van der Waals surface area (Å²) in [6.07, 6.45) is 0.848. The first-order valence-electron chi connectivity index (χ1n) is 11.2. The van der Waals surface area contributed by atoms with Crippen LogP contribution < -0.4 is 9.64 Å². The number of aliphatic hydroxyl groups excluding tert-OH is 1. The van der Waals surface area contributed by atoms with Crippen LogP contribution in [-0.2, 0) is 5.60 Å². The Morgan fingerprint density at radius 3 is 2.06 bits per heavy atom. The fraction of sp³-hybridized carbons (Fsp3) is 0.333. The van der Waals surface area contributed by atoms with Crippen molar-refractivity contribution >= 4 is 5.69 Å². The number of piperidine rings is 1. The Bertz CT molecular complexity index is 955. The maximum atomic E-state index is 11.2. The van der Waals surface area contributed by atoms with Gasteiger partial charge in [0, 0.05) is 38.9 Å². The predicted octanol–water partition coefficient (Wildman–Crippen LogP) is 4.26. The van der Waals surface area contributed by atoms with Crippen molar-refractivity contribution in [1.82, 2.24) is 4.90 Å². The summed E-state index contributed by atoms with van der Waals surface area (Å²) in [5, 5.41) is 21.8. The Hall–Kier alpha value is -2.86. The number of ether oxygens (including phenoxy) is 1. The maximum absolute atomic E-state index is 11.2. The van der Waals surface area contributed by atoms with Crippen molar-refractivity contribution in [2.75, 3.05) is 38.1 Å². The van der Waals surface area contributed by atoms with Crippen LogP contribution in [0.3, 0.4) is 0 Å². The summed E-state index contributed by atoms with van der Waals surface area (Å²) < 4.78 is 5.86. The molecule has 0 aliphatic carbocycles. The molecule has 32 heavy (non-hydrogen) atoms. The van der Waals surface area contributed by atoms with E-state index in [0.29, 0.717) is 25.9 Å². The van der Waals surface area contributed by atoms with Crippen LogP contribution >= 0.6 is 0 Å². The minimum absolute atomic E-state index is 0.444. The zero-order valence-electron chi connectivity index (χ0n) is 18.6. The normalized spacial score (nSPS) is 17.0. The molecule has 5 heteroatoms. The summed E-state index contributed by atoms with van der Waals surface area (Å²) >= 11 is 0. The van der Waals surface area contributed by atoms with Gasteiger partial charge in [0.1, 0.15) is 11.5 Å². The summed E-state index contributed by atoms with van der Waals surface area (Å²) in [5.74, 6) is 1.55. The Balaban J connectivity index is 1.27. The van der Waals surface area contributed by atoms with Gasteiger partial charge in [-0.05, 0) is 54.8 Å². The number of rotatable bonds is 8. The van der Waals surface area contributed by atoms with Crippen molar-refractivity contribution < 1.29 is 14.9 Å². The number of hydrogen-bond donors (Lipinski definition) is 2. The molecule has 2 N–H and O–H groups in total. The second-order valence-electron chi connectivity index (χ2n) is 8.64. The van der Waals surface area contributed by atoms with Crippen LogP contribution in [0, 0.1) is 0 Å². The molecule has 0 saturated carbocycles. The van der Waals surface area contributed by atoms with E-state index in [-0.39, 0.29) is 0 Å². The molecule has 1 saturated heterocycles. The number of nitrogens with zero attached hydrogens (tertiary/aromatic N) is 2. The molecule has 0 spiro atoms. The first-order chi connectivity index (χ1) is 15.5. The number of likely N-dealkylation sites (tertiary alicyclic amines) is 1. The highest BCUT2D eigenvalue weighted by Gasteiger charge is 2.34. The molecule has 0 amide bonds. The van der Waals surface area contributed by atoms with Crippen molar-refractivity contribution in [3.05, 3.63) is 90.5 Å². The molecule has 1 unspecified atom stereocenters. The second-order valence-corrected chi connectivity index (χ2v) is 8.64. The van der Waals surface area contributed by atoms with Gasteiger partial charge in [-0.15, -0.1) is 0 Å². The molecule has 0 bridgehead atoms. The smallest absolute Gasteiger partial charge is 0.127 e. The molecule has 3 aromatic carbocycles. The van der Waals surface area contributed by atoms with E-state index in [0.717, 1.165) is 35.8 Å². The van der Waals surface area contributed by atoms with Crippen molar-refractivity contribution in [3.8, 4) is 11.5 Å². The van der Waals surface area contributed by atoms with Gasteiger partial charge in [-0.1, -0.05) is 48.5 Å². The molecule has 168 valence electrons. The fourth-order valence-electron chi connectivity index (χ4n) is 4.31. The van der Waals surface area contributed by atoms with Crippen molar-refractivity contribution in [1.29, 1.82) is 0 Å². The lowest BCUT2D eigenvalue weighted by atomic mass is 9.84. The van der Waals surface area contributed by atoms with Crippen molar-refractivity contribution in [2.45, 2.75) is 24.5 Å².